The van der Waals surface area contributed by atoms with Crippen molar-refractivity contribution in [2.75, 3.05) is 6.61 Å². The van der Waals surface area contributed by atoms with E-state index in [9.17, 15) is 20.0 Å². The molecule has 0 bridgehead atoms. The third-order valence-electron chi connectivity index (χ3n) is 1.94. The van der Waals surface area contributed by atoms with Gasteiger partial charge >= 0.3 is 5.97 Å². The predicted molar refractivity (Wildman–Crippen MR) is 54.7 cm³/mol. The lowest BCUT2D eigenvalue weighted by atomic mass is 10.1. The standard InChI is InChI=1S/C10H11NO5/c1-2-16-10(13)9(12)7-5-3-4-6-8(7)11(14)15/h3-6,9,12H,2H2,1H3/t9-/m1/s1. The third kappa shape index (κ3) is 2.54. The number of carbonyl (C=O) groups is 1. The van der Waals surface area contributed by atoms with Gasteiger partial charge in [0.2, 0.25) is 0 Å². The van der Waals surface area contributed by atoms with Crippen LogP contribution in [0.15, 0.2) is 24.3 Å². The minimum atomic E-state index is -1.62. The molecule has 0 unspecified atom stereocenters. The molecular weight excluding hydrogens is 214 g/mol. The Kier molecular flexibility index (Phi) is 3.96. The van der Waals surface area contributed by atoms with Crippen LogP contribution in [-0.2, 0) is 9.53 Å². The van der Waals surface area contributed by atoms with Gasteiger partial charge in [-0.15, -0.1) is 0 Å². The highest BCUT2D eigenvalue weighted by Gasteiger charge is 2.26. The molecule has 6 nitrogen and oxygen atoms in total. The Balaban J connectivity index is 3.03. The number of aliphatic hydroxyl groups excluding tert-OH is 1. The highest BCUT2D eigenvalue weighted by molar-refractivity contribution is 5.77. The minimum Gasteiger partial charge on any atom is -0.464 e. The molecule has 1 aromatic carbocycles. The maximum atomic E-state index is 11.2. The molecule has 6 heteroatoms. The van der Waals surface area contributed by atoms with Gasteiger partial charge in [-0.1, -0.05) is 12.1 Å². The summed E-state index contributed by atoms with van der Waals surface area (Å²) in [6, 6.07) is 5.50. The molecule has 0 aliphatic heterocycles. The van der Waals surface area contributed by atoms with Crippen LogP contribution in [0.2, 0.25) is 0 Å². The summed E-state index contributed by atoms with van der Waals surface area (Å²) in [6.07, 6.45) is -1.62. The van der Waals surface area contributed by atoms with Gasteiger partial charge in [-0.05, 0) is 13.0 Å². The molecule has 0 aliphatic carbocycles. The highest BCUT2D eigenvalue weighted by Crippen LogP contribution is 2.25. The second kappa shape index (κ2) is 5.22. The Labute approximate surface area is 91.6 Å². The number of nitro groups is 1. The number of esters is 1. The fourth-order valence-electron chi connectivity index (χ4n) is 1.23. The quantitative estimate of drug-likeness (QED) is 0.472. The number of nitrogens with zero attached hydrogens (tertiary/aromatic N) is 1. The highest BCUT2D eigenvalue weighted by atomic mass is 16.6. The molecule has 0 saturated heterocycles. The van der Waals surface area contributed by atoms with Crippen molar-refractivity contribution in [3.63, 3.8) is 0 Å². The summed E-state index contributed by atoms with van der Waals surface area (Å²) < 4.78 is 4.58. The second-order valence-corrected chi connectivity index (χ2v) is 2.97. The fraction of sp³-hybridized carbons (Fsp3) is 0.300. The van der Waals surface area contributed by atoms with Crippen LogP contribution >= 0.6 is 0 Å². The molecule has 0 spiro atoms. The zero-order valence-corrected chi connectivity index (χ0v) is 8.62. The van der Waals surface area contributed by atoms with Gasteiger partial charge in [0.15, 0.2) is 6.10 Å². The van der Waals surface area contributed by atoms with Gasteiger partial charge in [0, 0.05) is 6.07 Å². The van der Waals surface area contributed by atoms with Crippen LogP contribution in [0.25, 0.3) is 0 Å². The normalized spacial score (nSPS) is 11.9. The number of aliphatic hydroxyl groups is 1. The summed E-state index contributed by atoms with van der Waals surface area (Å²) in [6.45, 7) is 1.69. The smallest absolute Gasteiger partial charge is 0.339 e. The summed E-state index contributed by atoms with van der Waals surface area (Å²) in [5, 5.41) is 20.2. The van der Waals surface area contributed by atoms with Crippen LogP contribution in [0.3, 0.4) is 0 Å². The molecular formula is C10H11NO5. The summed E-state index contributed by atoms with van der Waals surface area (Å²) in [5.41, 5.74) is -0.367. The fourth-order valence-corrected chi connectivity index (χ4v) is 1.23. The van der Waals surface area contributed by atoms with Gasteiger partial charge in [0.1, 0.15) is 0 Å². The topological polar surface area (TPSA) is 89.7 Å². The number of hydrogen-bond donors (Lipinski definition) is 1. The zero-order chi connectivity index (χ0) is 12.1. The zero-order valence-electron chi connectivity index (χ0n) is 8.62. The average Bonchev–Trinajstić information content (AvgIpc) is 2.28. The van der Waals surface area contributed by atoms with Crippen LogP contribution in [-0.4, -0.2) is 22.6 Å². The van der Waals surface area contributed by atoms with Gasteiger partial charge < -0.3 is 9.84 Å². The van der Waals surface area contributed by atoms with Gasteiger partial charge in [-0.25, -0.2) is 4.79 Å². The summed E-state index contributed by atoms with van der Waals surface area (Å²) in [5.74, 6) is -0.892. The van der Waals surface area contributed by atoms with Crippen LogP contribution in [0.4, 0.5) is 5.69 Å². The monoisotopic (exact) mass is 225 g/mol. The van der Waals surface area contributed by atoms with Crippen LogP contribution in [0.1, 0.15) is 18.6 Å². The van der Waals surface area contributed by atoms with E-state index in [1.807, 2.05) is 0 Å². The van der Waals surface area contributed by atoms with Crippen molar-refractivity contribution in [2.24, 2.45) is 0 Å². The number of para-hydroxylation sites is 1. The Morgan fingerprint density at radius 3 is 2.75 bits per heavy atom. The van der Waals surface area contributed by atoms with Crippen molar-refractivity contribution in [3.05, 3.63) is 39.9 Å². The van der Waals surface area contributed by atoms with E-state index in [1.165, 1.54) is 24.3 Å². The molecule has 0 radical (unpaired) electrons. The van der Waals surface area contributed by atoms with Gasteiger partial charge in [-0.3, -0.25) is 10.1 Å². The van der Waals surface area contributed by atoms with E-state index in [0.29, 0.717) is 0 Å². The number of ether oxygens (including phenoxy) is 1. The molecule has 1 N–H and O–H groups in total. The Hall–Kier alpha value is -1.95. The van der Waals surface area contributed by atoms with E-state index < -0.39 is 17.0 Å². The first-order valence-electron chi connectivity index (χ1n) is 4.66. The van der Waals surface area contributed by atoms with Crippen molar-refractivity contribution in [2.45, 2.75) is 13.0 Å². The number of rotatable bonds is 4. The largest absolute Gasteiger partial charge is 0.464 e. The van der Waals surface area contributed by atoms with Crippen molar-refractivity contribution in [3.8, 4) is 0 Å². The van der Waals surface area contributed by atoms with E-state index in [4.69, 9.17) is 0 Å². The Bertz CT molecular complexity index is 404. The summed E-state index contributed by atoms with van der Waals surface area (Å²) in [4.78, 5) is 21.2. The average molecular weight is 225 g/mol. The molecule has 16 heavy (non-hydrogen) atoms. The maximum absolute atomic E-state index is 11.2. The van der Waals surface area contributed by atoms with Gasteiger partial charge in [0.05, 0.1) is 17.1 Å². The first-order chi connectivity index (χ1) is 7.57. The lowest BCUT2D eigenvalue weighted by molar-refractivity contribution is -0.386. The van der Waals surface area contributed by atoms with Crippen molar-refractivity contribution < 1.29 is 19.6 Å². The predicted octanol–water partition coefficient (Wildman–Crippen LogP) is 1.19. The van der Waals surface area contributed by atoms with E-state index in [0.717, 1.165) is 0 Å². The molecule has 0 heterocycles. The van der Waals surface area contributed by atoms with E-state index in [1.54, 1.807) is 6.92 Å². The SMILES string of the molecule is CCOC(=O)[C@H](O)c1ccccc1[N+](=O)[O-]. The van der Waals surface area contributed by atoms with Crippen LogP contribution in [0, 0.1) is 10.1 Å². The number of nitro benzene ring substituents is 1. The Morgan fingerprint density at radius 2 is 2.19 bits per heavy atom. The number of carbonyl (C=O) groups excluding carboxylic acids is 1. The lowest BCUT2D eigenvalue weighted by Crippen LogP contribution is -2.16. The molecule has 0 aliphatic rings. The van der Waals surface area contributed by atoms with E-state index >= 15 is 0 Å². The van der Waals surface area contributed by atoms with Crippen molar-refractivity contribution in [1.29, 1.82) is 0 Å². The minimum absolute atomic E-state index is 0.0639. The molecule has 0 aromatic heterocycles. The maximum Gasteiger partial charge on any atom is 0.339 e. The van der Waals surface area contributed by atoms with Crippen molar-refractivity contribution >= 4 is 11.7 Å². The molecule has 1 aromatic rings. The van der Waals surface area contributed by atoms with E-state index in [-0.39, 0.29) is 17.9 Å². The first kappa shape index (κ1) is 12.1. The third-order valence-corrected chi connectivity index (χ3v) is 1.94. The Morgan fingerprint density at radius 1 is 1.56 bits per heavy atom. The molecule has 0 saturated carbocycles. The molecule has 86 valence electrons. The number of hydrogen-bond acceptors (Lipinski definition) is 5. The van der Waals surface area contributed by atoms with Crippen LogP contribution in [0.5, 0.6) is 0 Å². The van der Waals surface area contributed by atoms with E-state index in [2.05, 4.69) is 4.74 Å². The van der Waals surface area contributed by atoms with Crippen molar-refractivity contribution in [1.82, 2.24) is 0 Å². The lowest BCUT2D eigenvalue weighted by Gasteiger charge is -2.09. The molecule has 0 fully saturated rings. The number of benzene rings is 1. The summed E-state index contributed by atoms with van der Waals surface area (Å²) in [7, 11) is 0. The first-order valence-corrected chi connectivity index (χ1v) is 4.66. The molecule has 1 rings (SSSR count). The second-order valence-electron chi connectivity index (χ2n) is 2.97. The summed E-state index contributed by atoms with van der Waals surface area (Å²) >= 11 is 0. The molecule has 0 amide bonds. The van der Waals surface area contributed by atoms with Crippen LogP contribution < -0.4 is 0 Å². The molecule has 1 atom stereocenters. The van der Waals surface area contributed by atoms with Gasteiger partial charge in [-0.2, -0.15) is 0 Å². The van der Waals surface area contributed by atoms with Gasteiger partial charge in [0.25, 0.3) is 5.69 Å².